The Bertz CT molecular complexity index is 648. The summed E-state index contributed by atoms with van der Waals surface area (Å²) in [6.07, 6.45) is 0. The quantitative estimate of drug-likeness (QED) is 0.135. The molecule has 140 valence electrons. The molecule has 1 rings (SSSR count). The Morgan fingerprint density at radius 3 is 1.42 bits per heavy atom. The first-order chi connectivity index (χ1) is 10.3. The number of nitrogens with zero attached hydrogens (tertiary/aromatic N) is 2. The summed E-state index contributed by atoms with van der Waals surface area (Å²) in [6, 6.07) is 3.31. The van der Waals surface area contributed by atoms with Crippen LogP contribution in [0.3, 0.4) is 0 Å². The molecule has 0 fully saturated rings. The van der Waals surface area contributed by atoms with Crippen molar-refractivity contribution in [2.75, 3.05) is 0 Å². The fraction of sp³-hybridized carbons (Fsp3) is 0.333. The van der Waals surface area contributed by atoms with Gasteiger partial charge in [-0.25, -0.2) is 0 Å². The summed E-state index contributed by atoms with van der Waals surface area (Å²) in [7, 11) is 25.0. The van der Waals surface area contributed by atoms with Crippen LogP contribution in [0, 0.1) is 0 Å². The van der Waals surface area contributed by atoms with Gasteiger partial charge in [0.25, 0.3) is 5.69 Å². The van der Waals surface area contributed by atoms with Crippen LogP contribution in [0.4, 0.5) is 5.69 Å². The normalized spacial score (nSPS) is 13.9. The summed E-state index contributed by atoms with van der Waals surface area (Å²) < 4.78 is 1.72. The molecule has 12 heteroatoms. The van der Waals surface area contributed by atoms with Crippen LogP contribution in [0.15, 0.2) is 17.2 Å². The first-order valence-electron chi connectivity index (χ1n) is 6.11. The first-order valence-corrected chi connectivity index (χ1v) is 26.6. The summed E-state index contributed by atoms with van der Waals surface area (Å²) in [5.41, 5.74) is 2.53. The number of benzene rings is 1. The summed E-state index contributed by atoms with van der Waals surface area (Å²) >= 11 is 18.2. The molecule has 0 aromatic heterocycles. The molecular weight excluding hydrogens is 613 g/mol. The van der Waals surface area contributed by atoms with Crippen LogP contribution in [0.1, 0.15) is 27.7 Å². The Labute approximate surface area is 176 Å². The van der Waals surface area contributed by atoms with Crippen molar-refractivity contribution in [2.24, 2.45) is 5.10 Å². The van der Waals surface area contributed by atoms with Gasteiger partial charge in [-0.05, 0) is 31.1 Å². The van der Waals surface area contributed by atoms with Gasteiger partial charge in [0.15, 0.2) is 5.71 Å². The van der Waals surface area contributed by atoms with E-state index in [1.54, 1.807) is 16.8 Å². The zero-order valence-electron chi connectivity index (χ0n) is 12.9. The third-order valence-electron chi connectivity index (χ3n) is 1.92. The van der Waals surface area contributed by atoms with Crippen molar-refractivity contribution in [1.29, 1.82) is 0 Å². The SMILES string of the molecule is CC(C)=N[N+](=C(C)C)c1c(Cl)cc(Cl)cc1Cl.[Cl][Sb-]([Cl])([Cl])([Cl])([Cl])[Cl]. The molecule has 0 aliphatic rings. The van der Waals surface area contributed by atoms with Crippen LogP contribution >= 0.6 is 87.8 Å². The van der Waals surface area contributed by atoms with Gasteiger partial charge in [-0.1, -0.05) is 39.5 Å². The Morgan fingerprint density at radius 2 is 1.17 bits per heavy atom. The van der Waals surface area contributed by atoms with Crippen LogP contribution in [0.25, 0.3) is 0 Å². The van der Waals surface area contributed by atoms with Crippen molar-refractivity contribution in [2.45, 2.75) is 27.7 Å². The van der Waals surface area contributed by atoms with Gasteiger partial charge in [0.1, 0.15) is 10.0 Å². The van der Waals surface area contributed by atoms with E-state index >= 15 is 0 Å². The van der Waals surface area contributed by atoms with Crippen LogP contribution in [0.5, 0.6) is 0 Å². The standard InChI is InChI=1S/C12H14Cl3N2.6ClH.Sb/c1-7(2)16-17(8(3)4)12-10(14)5-9(13)6-11(12)15;;;;;;;/h5-6H,1-4H3;6*1H;/q+1;;;;;;;+5/p-6. The number of hydrazone groups is 1. The Morgan fingerprint density at radius 1 is 0.833 bits per heavy atom. The van der Waals surface area contributed by atoms with Crippen molar-refractivity contribution in [3.63, 3.8) is 0 Å². The number of halogens is 9. The second-order valence-corrected chi connectivity index (χ2v) is 63.1. The Kier molecular flexibility index (Phi) is 9.27. The molecule has 1 aromatic rings. The van der Waals surface area contributed by atoms with Gasteiger partial charge in [0, 0.05) is 18.9 Å². The number of hydrogen-bond acceptors (Lipinski definition) is 1. The molecule has 0 saturated carbocycles. The van der Waals surface area contributed by atoms with Gasteiger partial charge in [-0.15, -0.1) is 0 Å². The Hall–Kier alpha value is 1.99. The minimum atomic E-state index is -5.42. The van der Waals surface area contributed by atoms with E-state index in [9.17, 15) is 0 Å². The van der Waals surface area contributed by atoms with E-state index < -0.39 is 9.14 Å². The van der Waals surface area contributed by atoms with E-state index in [2.05, 4.69) is 5.10 Å². The molecule has 2 nitrogen and oxygen atoms in total. The van der Waals surface area contributed by atoms with Crippen molar-refractivity contribution >= 4 is 114 Å². The van der Waals surface area contributed by atoms with E-state index in [1.807, 2.05) is 27.7 Å². The molecule has 0 aliphatic heterocycles. The van der Waals surface area contributed by atoms with Gasteiger partial charge in [-0.3, -0.25) is 0 Å². The summed E-state index contributed by atoms with van der Waals surface area (Å²) in [6.45, 7) is 7.70. The molecule has 0 bridgehead atoms. The van der Waals surface area contributed by atoms with Crippen molar-refractivity contribution in [3.8, 4) is 0 Å². The Balaban J connectivity index is 0.000000640. The molecule has 0 atom stereocenters. The average molecular weight is 627 g/mol. The molecule has 0 radical (unpaired) electrons. The maximum absolute atomic E-state index is 6.16. The van der Waals surface area contributed by atoms with Crippen LogP contribution in [-0.2, 0) is 0 Å². The van der Waals surface area contributed by atoms with Crippen molar-refractivity contribution in [3.05, 3.63) is 27.2 Å². The third kappa shape index (κ3) is 14.1. The topological polar surface area (TPSA) is 15.4 Å². The second kappa shape index (κ2) is 8.56. The van der Waals surface area contributed by atoms with E-state index in [4.69, 9.17) is 87.8 Å². The van der Waals surface area contributed by atoms with Gasteiger partial charge < -0.3 is 0 Å². The molecular formula is C12H14Cl9N2Sb. The van der Waals surface area contributed by atoms with Gasteiger partial charge in [0.05, 0.1) is 5.71 Å². The van der Waals surface area contributed by atoms with Gasteiger partial charge >= 0.3 is 62.1 Å². The summed E-state index contributed by atoms with van der Waals surface area (Å²) in [5, 5.41) is 5.87. The molecule has 0 amide bonds. The molecule has 0 spiro atoms. The van der Waals surface area contributed by atoms with E-state index in [1.165, 1.54) is 0 Å². The average Bonchev–Trinajstić information content (AvgIpc) is 2.20. The van der Waals surface area contributed by atoms with Gasteiger partial charge in [-0.2, -0.15) is 0 Å². The number of rotatable bonds is 2. The number of hydrogen-bond donors (Lipinski definition) is 0. The predicted octanol–water partition coefficient (Wildman–Crippen LogP) is 8.92. The van der Waals surface area contributed by atoms with E-state index in [-0.39, 0.29) is 0 Å². The maximum atomic E-state index is 6.16. The molecule has 0 saturated heterocycles. The molecule has 0 heterocycles. The van der Waals surface area contributed by atoms with Gasteiger partial charge in [0.2, 0.25) is 0 Å². The minimum absolute atomic E-state index is 0.480. The molecule has 1 aromatic carbocycles. The van der Waals surface area contributed by atoms with Crippen molar-refractivity contribution in [1.82, 2.24) is 0 Å². The first kappa shape index (κ1) is 26.0. The molecule has 0 N–H and O–H groups in total. The predicted molar refractivity (Wildman–Crippen MR) is 117 cm³/mol. The fourth-order valence-corrected chi connectivity index (χ4v) is 2.29. The van der Waals surface area contributed by atoms with E-state index in [0.29, 0.717) is 20.8 Å². The molecule has 0 aliphatic carbocycles. The third-order valence-corrected chi connectivity index (χ3v) is 2.71. The zero-order chi connectivity index (χ0) is 19.6. The van der Waals surface area contributed by atoms with Crippen LogP contribution < -0.4 is 0 Å². The summed E-state index contributed by atoms with van der Waals surface area (Å²) in [5.74, 6) is 0. The van der Waals surface area contributed by atoms with Crippen LogP contribution in [-0.4, -0.2) is 25.2 Å². The fourth-order valence-electron chi connectivity index (χ4n) is 1.31. The van der Waals surface area contributed by atoms with Crippen LogP contribution in [0.2, 0.25) is 15.1 Å². The zero-order valence-corrected chi connectivity index (χ0v) is 22.3. The molecule has 24 heavy (non-hydrogen) atoms. The monoisotopic (exact) mass is 622 g/mol. The summed E-state index contributed by atoms with van der Waals surface area (Å²) in [4.78, 5) is 0. The molecule has 0 unspecified atom stereocenters. The van der Waals surface area contributed by atoms with E-state index in [0.717, 1.165) is 11.4 Å². The van der Waals surface area contributed by atoms with Crippen molar-refractivity contribution < 1.29 is 4.68 Å². The second-order valence-electron chi connectivity index (χ2n) is 4.98.